The summed E-state index contributed by atoms with van der Waals surface area (Å²) >= 11 is 0. The first kappa shape index (κ1) is 21.9. The Morgan fingerprint density at radius 3 is 2.52 bits per heavy atom. The van der Waals surface area contributed by atoms with E-state index in [1.165, 1.54) is 0 Å². The van der Waals surface area contributed by atoms with Gasteiger partial charge in [0.15, 0.2) is 11.5 Å². The molecule has 0 atom stereocenters. The number of rotatable bonds is 8. The van der Waals surface area contributed by atoms with Crippen molar-refractivity contribution in [2.75, 3.05) is 26.1 Å². The van der Waals surface area contributed by atoms with Crippen LogP contribution in [-0.4, -0.2) is 49.6 Å². The van der Waals surface area contributed by atoms with Crippen LogP contribution in [0, 0.1) is 0 Å². The van der Waals surface area contributed by atoms with Crippen LogP contribution in [-0.2, 0) is 0 Å². The van der Waals surface area contributed by atoms with E-state index < -0.39 is 0 Å². The molecule has 0 fully saturated rings. The van der Waals surface area contributed by atoms with Gasteiger partial charge in [0.1, 0.15) is 5.69 Å². The molecular formula is C23H27N5O3. The van der Waals surface area contributed by atoms with Gasteiger partial charge in [-0.15, -0.1) is 0 Å². The van der Waals surface area contributed by atoms with E-state index in [0.29, 0.717) is 22.9 Å². The quantitative estimate of drug-likeness (QED) is 0.427. The number of benzene rings is 2. The Morgan fingerprint density at radius 1 is 1.13 bits per heavy atom. The third-order valence-electron chi connectivity index (χ3n) is 4.43. The number of carbonyl (C=O) groups is 1. The summed E-state index contributed by atoms with van der Waals surface area (Å²) in [7, 11) is 5.54. The highest BCUT2D eigenvalue weighted by molar-refractivity contribution is 5.94. The number of nitrogens with one attached hydrogen (secondary N) is 2. The molecule has 1 heterocycles. The van der Waals surface area contributed by atoms with Gasteiger partial charge < -0.3 is 14.4 Å². The Labute approximate surface area is 181 Å². The molecule has 0 unspecified atom stereocenters. The Morgan fingerprint density at radius 2 is 1.87 bits per heavy atom. The van der Waals surface area contributed by atoms with Gasteiger partial charge in [0.2, 0.25) is 0 Å². The zero-order valence-corrected chi connectivity index (χ0v) is 18.3. The summed E-state index contributed by atoms with van der Waals surface area (Å²) in [6.45, 7) is 3.90. The highest BCUT2D eigenvalue weighted by Crippen LogP contribution is 2.32. The van der Waals surface area contributed by atoms with Gasteiger partial charge >= 0.3 is 0 Å². The van der Waals surface area contributed by atoms with Gasteiger partial charge in [-0.1, -0.05) is 12.1 Å². The van der Waals surface area contributed by atoms with Gasteiger partial charge in [0.25, 0.3) is 5.91 Å². The van der Waals surface area contributed by atoms with Crippen LogP contribution in [0.5, 0.6) is 11.5 Å². The summed E-state index contributed by atoms with van der Waals surface area (Å²) in [6.07, 6.45) is 1.62. The number of nitrogens with zero attached hydrogens (tertiary/aromatic N) is 3. The van der Waals surface area contributed by atoms with Gasteiger partial charge in [-0.05, 0) is 55.8 Å². The van der Waals surface area contributed by atoms with E-state index in [2.05, 4.69) is 20.7 Å². The lowest BCUT2D eigenvalue weighted by atomic mass is 10.1. The fraction of sp³-hybridized carbons (Fsp3) is 0.261. The van der Waals surface area contributed by atoms with Crippen molar-refractivity contribution in [3.63, 3.8) is 0 Å². The molecule has 0 saturated carbocycles. The number of hydrogen-bond donors (Lipinski definition) is 2. The molecule has 31 heavy (non-hydrogen) atoms. The third kappa shape index (κ3) is 5.63. The maximum atomic E-state index is 12.4. The summed E-state index contributed by atoms with van der Waals surface area (Å²) in [5, 5.41) is 11.0. The second-order valence-corrected chi connectivity index (χ2v) is 7.38. The number of hydrogen-bond acceptors (Lipinski definition) is 6. The van der Waals surface area contributed by atoms with E-state index in [4.69, 9.17) is 9.47 Å². The standard InChI is InChI=1S/C23H27N5O3/c1-15(2)31-21-11-8-17(12-22(21)30-5)19-13-20(26-25-19)23(29)27-24-14-16-6-9-18(10-7-16)28(3)4/h6-15H,1-5H3,(H,25,26)(H,27,29). The number of hydrazone groups is 1. The second-order valence-electron chi connectivity index (χ2n) is 7.38. The van der Waals surface area contributed by atoms with Crippen LogP contribution in [0.15, 0.2) is 53.6 Å². The fourth-order valence-corrected chi connectivity index (χ4v) is 2.85. The molecule has 1 amide bonds. The molecule has 1 aromatic heterocycles. The van der Waals surface area contributed by atoms with Crippen molar-refractivity contribution in [2.45, 2.75) is 20.0 Å². The number of aromatic amines is 1. The number of ether oxygens (including phenoxy) is 2. The van der Waals surface area contributed by atoms with Gasteiger partial charge in [-0.3, -0.25) is 9.89 Å². The molecule has 0 aliphatic carbocycles. The lowest BCUT2D eigenvalue weighted by molar-refractivity contribution is 0.0950. The monoisotopic (exact) mass is 421 g/mol. The van der Waals surface area contributed by atoms with Crippen molar-refractivity contribution >= 4 is 17.8 Å². The van der Waals surface area contributed by atoms with Crippen LogP contribution in [0.3, 0.4) is 0 Å². The Hall–Kier alpha value is -3.81. The Bertz CT molecular complexity index is 1060. The molecule has 3 rings (SSSR count). The molecule has 0 spiro atoms. The lowest BCUT2D eigenvalue weighted by Gasteiger charge is -2.14. The maximum absolute atomic E-state index is 12.4. The fourth-order valence-electron chi connectivity index (χ4n) is 2.85. The van der Waals surface area contributed by atoms with Crippen molar-refractivity contribution in [3.8, 4) is 22.8 Å². The summed E-state index contributed by atoms with van der Waals surface area (Å²) in [5.74, 6) is 0.874. The zero-order valence-electron chi connectivity index (χ0n) is 18.3. The largest absolute Gasteiger partial charge is 0.493 e. The summed E-state index contributed by atoms with van der Waals surface area (Å²) in [5.41, 5.74) is 6.19. The van der Waals surface area contributed by atoms with Crippen LogP contribution in [0.1, 0.15) is 29.9 Å². The summed E-state index contributed by atoms with van der Waals surface area (Å²) in [6, 6.07) is 15.0. The molecule has 8 heteroatoms. The SMILES string of the molecule is COc1cc(-c2cc(C(=O)NN=Cc3ccc(N(C)C)cc3)[nH]n2)ccc1OC(C)C. The maximum Gasteiger partial charge on any atom is 0.289 e. The number of anilines is 1. The van der Waals surface area contributed by atoms with Crippen LogP contribution in [0.25, 0.3) is 11.3 Å². The van der Waals surface area contributed by atoms with Crippen LogP contribution < -0.4 is 19.8 Å². The topological polar surface area (TPSA) is 91.8 Å². The van der Waals surface area contributed by atoms with E-state index in [-0.39, 0.29) is 12.0 Å². The first-order valence-corrected chi connectivity index (χ1v) is 9.88. The number of carbonyl (C=O) groups excluding carboxylic acids is 1. The molecule has 3 aromatic rings. The first-order valence-electron chi connectivity index (χ1n) is 9.88. The molecule has 2 N–H and O–H groups in total. The highest BCUT2D eigenvalue weighted by atomic mass is 16.5. The molecule has 0 saturated heterocycles. The van der Waals surface area contributed by atoms with E-state index >= 15 is 0 Å². The molecular weight excluding hydrogens is 394 g/mol. The second kappa shape index (κ2) is 9.80. The third-order valence-corrected chi connectivity index (χ3v) is 4.43. The molecule has 0 radical (unpaired) electrons. The van der Waals surface area contributed by atoms with Crippen molar-refractivity contribution in [2.24, 2.45) is 5.10 Å². The van der Waals surface area contributed by atoms with Gasteiger partial charge in [-0.25, -0.2) is 5.43 Å². The zero-order chi connectivity index (χ0) is 22.4. The summed E-state index contributed by atoms with van der Waals surface area (Å²) < 4.78 is 11.1. The van der Waals surface area contributed by atoms with Crippen molar-refractivity contribution in [1.82, 2.24) is 15.6 Å². The Balaban J connectivity index is 1.66. The van der Waals surface area contributed by atoms with Gasteiger partial charge in [0.05, 0.1) is 25.1 Å². The van der Waals surface area contributed by atoms with Crippen molar-refractivity contribution in [1.29, 1.82) is 0 Å². The van der Waals surface area contributed by atoms with E-state index in [1.807, 2.05) is 75.3 Å². The van der Waals surface area contributed by atoms with E-state index in [1.54, 1.807) is 19.4 Å². The van der Waals surface area contributed by atoms with E-state index in [0.717, 1.165) is 16.8 Å². The molecule has 0 aliphatic heterocycles. The minimum atomic E-state index is -0.383. The predicted molar refractivity (Wildman–Crippen MR) is 122 cm³/mol. The molecule has 2 aromatic carbocycles. The van der Waals surface area contributed by atoms with E-state index in [9.17, 15) is 4.79 Å². The van der Waals surface area contributed by atoms with Crippen molar-refractivity contribution < 1.29 is 14.3 Å². The predicted octanol–water partition coefficient (Wildman–Crippen LogP) is 3.70. The lowest BCUT2D eigenvalue weighted by Crippen LogP contribution is -2.18. The van der Waals surface area contributed by atoms with Crippen LogP contribution >= 0.6 is 0 Å². The average molecular weight is 422 g/mol. The summed E-state index contributed by atoms with van der Waals surface area (Å²) in [4.78, 5) is 14.4. The first-order chi connectivity index (χ1) is 14.9. The number of amides is 1. The van der Waals surface area contributed by atoms with Crippen LogP contribution in [0.4, 0.5) is 5.69 Å². The normalized spacial score (nSPS) is 11.0. The van der Waals surface area contributed by atoms with Gasteiger partial charge in [0, 0.05) is 25.3 Å². The minimum absolute atomic E-state index is 0.0342. The van der Waals surface area contributed by atoms with Gasteiger partial charge in [-0.2, -0.15) is 10.2 Å². The highest BCUT2D eigenvalue weighted by Gasteiger charge is 2.13. The van der Waals surface area contributed by atoms with Crippen molar-refractivity contribution in [3.05, 3.63) is 59.8 Å². The number of aromatic nitrogens is 2. The smallest absolute Gasteiger partial charge is 0.289 e. The minimum Gasteiger partial charge on any atom is -0.493 e. The Kier molecular flexibility index (Phi) is 6.92. The molecule has 0 aliphatic rings. The molecule has 162 valence electrons. The van der Waals surface area contributed by atoms with Crippen LogP contribution in [0.2, 0.25) is 0 Å². The molecule has 8 nitrogen and oxygen atoms in total. The average Bonchev–Trinajstić information content (AvgIpc) is 3.24. The molecule has 0 bridgehead atoms. The number of methoxy groups -OCH3 is 1. The number of H-pyrrole nitrogens is 1.